The smallest absolute Gasteiger partial charge is 0.120 e. The maximum Gasteiger partial charge on any atom is 0.120 e. The van der Waals surface area contributed by atoms with Crippen molar-refractivity contribution < 1.29 is 0 Å². The molecule has 0 atom stereocenters. The summed E-state index contributed by atoms with van der Waals surface area (Å²) in [7, 11) is 1.95. The molecule has 0 aliphatic heterocycles. The number of hydrogen-bond donors (Lipinski definition) is 2. The largest absolute Gasteiger partial charge is 0.348 e. The van der Waals surface area contributed by atoms with Crippen LogP contribution >= 0.6 is 0 Å². The highest BCUT2D eigenvalue weighted by molar-refractivity contribution is 5.15. The molecule has 0 amide bonds. The summed E-state index contributed by atoms with van der Waals surface area (Å²) >= 11 is 0. The molecular formula is C11H17N5. The zero-order valence-electron chi connectivity index (χ0n) is 9.70. The molecule has 16 heavy (non-hydrogen) atoms. The van der Waals surface area contributed by atoms with Crippen molar-refractivity contribution in [1.29, 1.82) is 0 Å². The van der Waals surface area contributed by atoms with Gasteiger partial charge in [0.05, 0.1) is 12.2 Å². The van der Waals surface area contributed by atoms with Crippen LogP contribution in [0.25, 0.3) is 0 Å². The van der Waals surface area contributed by atoms with E-state index in [1.165, 1.54) is 5.56 Å². The van der Waals surface area contributed by atoms with E-state index in [0.29, 0.717) is 0 Å². The van der Waals surface area contributed by atoms with Crippen LogP contribution in [0.15, 0.2) is 18.6 Å². The Morgan fingerprint density at radius 3 is 3.00 bits per heavy atom. The van der Waals surface area contributed by atoms with Crippen LogP contribution in [0.1, 0.15) is 17.1 Å². The Balaban J connectivity index is 1.74. The second-order valence-corrected chi connectivity index (χ2v) is 3.88. The standard InChI is InChI=1S/C11H17N5/c1-9-10(8-16(2)15-9)3-4-12-7-11-13-5-6-14-11/h5-6,8,12H,3-4,7H2,1-2H3,(H,13,14). The van der Waals surface area contributed by atoms with Gasteiger partial charge >= 0.3 is 0 Å². The number of aromatic nitrogens is 4. The van der Waals surface area contributed by atoms with Crippen LogP contribution in [0, 0.1) is 6.92 Å². The van der Waals surface area contributed by atoms with Crippen molar-refractivity contribution in [2.24, 2.45) is 7.05 Å². The van der Waals surface area contributed by atoms with Gasteiger partial charge in [-0.05, 0) is 25.5 Å². The van der Waals surface area contributed by atoms with Crippen LogP contribution in [0.5, 0.6) is 0 Å². The number of aryl methyl sites for hydroxylation is 2. The fourth-order valence-electron chi connectivity index (χ4n) is 1.72. The average Bonchev–Trinajstić information content (AvgIpc) is 2.84. The Morgan fingerprint density at radius 1 is 1.50 bits per heavy atom. The molecule has 0 spiro atoms. The lowest BCUT2D eigenvalue weighted by Crippen LogP contribution is -2.17. The van der Waals surface area contributed by atoms with Crippen LogP contribution in [-0.2, 0) is 20.0 Å². The first-order valence-corrected chi connectivity index (χ1v) is 5.44. The second kappa shape index (κ2) is 4.94. The Morgan fingerprint density at radius 2 is 2.38 bits per heavy atom. The number of hydrogen-bond acceptors (Lipinski definition) is 3. The maximum absolute atomic E-state index is 4.31. The zero-order chi connectivity index (χ0) is 11.4. The number of nitrogens with one attached hydrogen (secondary N) is 2. The van der Waals surface area contributed by atoms with Gasteiger partial charge in [0.1, 0.15) is 5.82 Å². The monoisotopic (exact) mass is 219 g/mol. The summed E-state index contributed by atoms with van der Waals surface area (Å²) in [6.45, 7) is 3.77. The normalized spacial score (nSPS) is 10.9. The molecule has 2 aromatic heterocycles. The number of aromatic amines is 1. The molecule has 2 heterocycles. The lowest BCUT2D eigenvalue weighted by atomic mass is 10.2. The summed E-state index contributed by atoms with van der Waals surface area (Å²) in [5, 5.41) is 7.65. The number of rotatable bonds is 5. The highest BCUT2D eigenvalue weighted by Gasteiger charge is 2.02. The van der Waals surface area contributed by atoms with Crippen molar-refractivity contribution in [1.82, 2.24) is 25.1 Å². The van der Waals surface area contributed by atoms with Crippen molar-refractivity contribution >= 4 is 0 Å². The van der Waals surface area contributed by atoms with Gasteiger partial charge in [0, 0.05) is 25.6 Å². The molecule has 2 N–H and O–H groups in total. The Kier molecular flexibility index (Phi) is 3.36. The first-order valence-electron chi connectivity index (χ1n) is 5.44. The van der Waals surface area contributed by atoms with Gasteiger partial charge in [-0.25, -0.2) is 4.98 Å². The van der Waals surface area contributed by atoms with Gasteiger partial charge in [-0.15, -0.1) is 0 Å². The predicted octanol–water partition coefficient (Wildman–Crippen LogP) is 0.784. The van der Waals surface area contributed by atoms with Gasteiger partial charge < -0.3 is 10.3 Å². The molecule has 0 radical (unpaired) electrons. The molecule has 0 saturated heterocycles. The van der Waals surface area contributed by atoms with E-state index in [-0.39, 0.29) is 0 Å². The van der Waals surface area contributed by atoms with E-state index in [1.807, 2.05) is 24.9 Å². The highest BCUT2D eigenvalue weighted by atomic mass is 15.2. The lowest BCUT2D eigenvalue weighted by molar-refractivity contribution is 0.663. The minimum atomic E-state index is 0.784. The summed E-state index contributed by atoms with van der Waals surface area (Å²) in [4.78, 5) is 7.21. The number of imidazole rings is 1. The molecule has 5 nitrogen and oxygen atoms in total. The van der Waals surface area contributed by atoms with Crippen LogP contribution in [0.2, 0.25) is 0 Å². The molecule has 0 aliphatic rings. The highest BCUT2D eigenvalue weighted by Crippen LogP contribution is 2.04. The van der Waals surface area contributed by atoms with Gasteiger partial charge in [0.25, 0.3) is 0 Å². The summed E-state index contributed by atoms with van der Waals surface area (Å²) in [5.41, 5.74) is 2.41. The summed E-state index contributed by atoms with van der Waals surface area (Å²) < 4.78 is 1.86. The summed E-state index contributed by atoms with van der Waals surface area (Å²) in [6, 6.07) is 0. The average molecular weight is 219 g/mol. The molecular weight excluding hydrogens is 202 g/mol. The van der Waals surface area contributed by atoms with Crippen LogP contribution in [0.3, 0.4) is 0 Å². The van der Waals surface area contributed by atoms with Crippen LogP contribution < -0.4 is 5.32 Å². The van der Waals surface area contributed by atoms with E-state index in [4.69, 9.17) is 0 Å². The molecule has 0 saturated carbocycles. The predicted molar refractivity (Wildman–Crippen MR) is 61.9 cm³/mol. The molecule has 2 rings (SSSR count). The van der Waals surface area contributed by atoms with Gasteiger partial charge in [-0.3, -0.25) is 4.68 Å². The Labute approximate surface area is 94.9 Å². The molecule has 0 aliphatic carbocycles. The molecule has 0 unspecified atom stereocenters. The molecule has 2 aromatic rings. The van der Waals surface area contributed by atoms with E-state index in [0.717, 1.165) is 31.0 Å². The quantitative estimate of drug-likeness (QED) is 0.731. The summed E-state index contributed by atoms with van der Waals surface area (Å²) in [5.74, 6) is 0.975. The molecule has 0 fully saturated rings. The summed E-state index contributed by atoms with van der Waals surface area (Å²) in [6.07, 6.45) is 6.68. The van der Waals surface area contributed by atoms with Crippen LogP contribution in [-0.4, -0.2) is 26.3 Å². The van der Waals surface area contributed by atoms with Gasteiger partial charge in [0.2, 0.25) is 0 Å². The van der Waals surface area contributed by atoms with E-state index >= 15 is 0 Å². The molecule has 0 aromatic carbocycles. The van der Waals surface area contributed by atoms with E-state index in [1.54, 1.807) is 6.20 Å². The number of H-pyrrole nitrogens is 1. The van der Waals surface area contributed by atoms with Gasteiger partial charge in [-0.2, -0.15) is 5.10 Å². The van der Waals surface area contributed by atoms with Gasteiger partial charge in [-0.1, -0.05) is 0 Å². The van der Waals surface area contributed by atoms with E-state index in [9.17, 15) is 0 Å². The first-order chi connectivity index (χ1) is 7.75. The Hall–Kier alpha value is -1.62. The first kappa shape index (κ1) is 10.9. The molecule has 86 valence electrons. The lowest BCUT2D eigenvalue weighted by Gasteiger charge is -2.01. The second-order valence-electron chi connectivity index (χ2n) is 3.88. The Bertz CT molecular complexity index is 429. The third-order valence-electron chi connectivity index (χ3n) is 2.53. The van der Waals surface area contributed by atoms with E-state index < -0.39 is 0 Å². The van der Waals surface area contributed by atoms with Crippen molar-refractivity contribution in [3.8, 4) is 0 Å². The number of nitrogens with zero attached hydrogens (tertiary/aromatic N) is 3. The van der Waals surface area contributed by atoms with Crippen molar-refractivity contribution in [3.63, 3.8) is 0 Å². The SMILES string of the molecule is Cc1nn(C)cc1CCNCc1ncc[nH]1. The van der Waals surface area contributed by atoms with Crippen LogP contribution in [0.4, 0.5) is 0 Å². The molecule has 5 heteroatoms. The molecule has 0 bridgehead atoms. The van der Waals surface area contributed by atoms with Crippen molar-refractivity contribution in [3.05, 3.63) is 35.7 Å². The van der Waals surface area contributed by atoms with Crippen molar-refractivity contribution in [2.45, 2.75) is 19.9 Å². The zero-order valence-corrected chi connectivity index (χ0v) is 9.70. The third kappa shape index (κ3) is 2.70. The van der Waals surface area contributed by atoms with E-state index in [2.05, 4.69) is 26.6 Å². The minimum absolute atomic E-state index is 0.784. The van der Waals surface area contributed by atoms with Crippen molar-refractivity contribution in [2.75, 3.05) is 6.54 Å². The minimum Gasteiger partial charge on any atom is -0.348 e. The fourth-order valence-corrected chi connectivity index (χ4v) is 1.72. The third-order valence-corrected chi connectivity index (χ3v) is 2.53. The van der Waals surface area contributed by atoms with Gasteiger partial charge in [0.15, 0.2) is 0 Å². The fraction of sp³-hybridized carbons (Fsp3) is 0.455. The maximum atomic E-state index is 4.31. The topological polar surface area (TPSA) is 58.5 Å².